The quantitative estimate of drug-likeness (QED) is 0.570. The minimum atomic E-state index is 0.656. The predicted molar refractivity (Wildman–Crippen MR) is 57.4 cm³/mol. The fourth-order valence-corrected chi connectivity index (χ4v) is 3.52. The lowest BCUT2D eigenvalue weighted by Gasteiger charge is -2.21. The van der Waals surface area contributed by atoms with E-state index in [-0.39, 0.29) is 0 Å². The van der Waals surface area contributed by atoms with Crippen LogP contribution in [0, 0.1) is 0 Å². The fourth-order valence-electron chi connectivity index (χ4n) is 2.01. The minimum Gasteiger partial charge on any atom is -0.335 e. The summed E-state index contributed by atoms with van der Waals surface area (Å²) in [6.45, 7) is 0. The maximum atomic E-state index is 2.48. The van der Waals surface area contributed by atoms with Gasteiger partial charge in [0.2, 0.25) is 0 Å². The molecule has 1 heterocycles. The lowest BCUT2D eigenvalue weighted by molar-refractivity contribution is 0.613. The van der Waals surface area contributed by atoms with Gasteiger partial charge in [-0.1, -0.05) is 18.0 Å². The molecule has 0 amide bonds. The SMILES string of the molecule is CN(C)B1C=C2CCCCC2S1. The first-order valence-electron chi connectivity index (χ1n) is 4.80. The Morgan fingerprint density at radius 1 is 1.50 bits per heavy atom. The van der Waals surface area contributed by atoms with Gasteiger partial charge in [-0.05, 0) is 33.4 Å². The minimum absolute atomic E-state index is 0.656. The van der Waals surface area contributed by atoms with E-state index in [1.54, 1.807) is 5.57 Å². The van der Waals surface area contributed by atoms with Gasteiger partial charge in [0.25, 0.3) is 0 Å². The Hall–Kier alpha value is 0.115. The van der Waals surface area contributed by atoms with Crippen LogP contribution in [0.15, 0.2) is 11.5 Å². The highest BCUT2D eigenvalue weighted by Crippen LogP contribution is 2.40. The van der Waals surface area contributed by atoms with Crippen molar-refractivity contribution in [1.82, 2.24) is 4.81 Å². The molecule has 12 heavy (non-hydrogen) atoms. The van der Waals surface area contributed by atoms with Gasteiger partial charge in [0.15, 0.2) is 0 Å². The lowest BCUT2D eigenvalue weighted by Crippen LogP contribution is -2.26. The zero-order chi connectivity index (χ0) is 8.55. The molecule has 1 unspecified atom stereocenters. The number of hydrogen-bond donors (Lipinski definition) is 0. The normalized spacial score (nSPS) is 29.1. The van der Waals surface area contributed by atoms with Crippen molar-refractivity contribution < 1.29 is 0 Å². The van der Waals surface area contributed by atoms with E-state index in [1.807, 2.05) is 0 Å². The summed E-state index contributed by atoms with van der Waals surface area (Å²) in [6, 6.07) is 0. The van der Waals surface area contributed by atoms with E-state index >= 15 is 0 Å². The Kier molecular flexibility index (Phi) is 2.51. The van der Waals surface area contributed by atoms with Crippen molar-refractivity contribution in [3.8, 4) is 0 Å². The van der Waals surface area contributed by atoms with E-state index in [2.05, 4.69) is 36.5 Å². The molecule has 0 N–H and O–H groups in total. The van der Waals surface area contributed by atoms with Crippen LogP contribution in [0.1, 0.15) is 25.7 Å². The first-order valence-corrected chi connectivity index (χ1v) is 5.74. The van der Waals surface area contributed by atoms with E-state index in [1.165, 1.54) is 25.7 Å². The summed E-state index contributed by atoms with van der Waals surface area (Å²) in [5.74, 6) is 2.48. The van der Waals surface area contributed by atoms with Gasteiger partial charge in [0.1, 0.15) is 0 Å². The highest BCUT2D eigenvalue weighted by atomic mass is 32.2. The van der Waals surface area contributed by atoms with Gasteiger partial charge >= 0.3 is 6.13 Å². The van der Waals surface area contributed by atoms with Crippen molar-refractivity contribution in [2.45, 2.75) is 30.9 Å². The summed E-state index contributed by atoms with van der Waals surface area (Å²) in [6.07, 6.45) is 6.30. The van der Waals surface area contributed by atoms with Crippen LogP contribution in [0.4, 0.5) is 0 Å². The predicted octanol–water partition coefficient (Wildman–Crippen LogP) is 2.19. The summed E-state index contributed by atoms with van der Waals surface area (Å²) in [5, 5.41) is 0.867. The van der Waals surface area contributed by atoms with Crippen molar-refractivity contribution in [3.05, 3.63) is 11.5 Å². The van der Waals surface area contributed by atoms with E-state index in [4.69, 9.17) is 0 Å². The van der Waals surface area contributed by atoms with Crippen LogP contribution < -0.4 is 0 Å². The lowest BCUT2D eigenvalue weighted by atomic mass is 9.83. The zero-order valence-corrected chi connectivity index (χ0v) is 8.73. The number of nitrogens with zero attached hydrogens (tertiary/aromatic N) is 1. The summed E-state index contributed by atoms with van der Waals surface area (Å²) in [7, 11) is 4.35. The molecule has 0 radical (unpaired) electrons. The highest BCUT2D eigenvalue weighted by Gasteiger charge is 2.32. The Morgan fingerprint density at radius 3 is 3.00 bits per heavy atom. The highest BCUT2D eigenvalue weighted by molar-refractivity contribution is 8.26. The summed E-state index contributed by atoms with van der Waals surface area (Å²) in [4.78, 5) is 2.32. The molecular formula is C9H16BNS. The molecule has 0 aromatic carbocycles. The van der Waals surface area contributed by atoms with Gasteiger partial charge in [-0.3, -0.25) is 0 Å². The molecule has 0 spiro atoms. The maximum absolute atomic E-state index is 2.48. The average Bonchev–Trinajstić information content (AvgIpc) is 2.46. The fraction of sp³-hybridized carbons (Fsp3) is 0.778. The van der Waals surface area contributed by atoms with Crippen molar-refractivity contribution in [1.29, 1.82) is 0 Å². The molecule has 1 nitrogen and oxygen atoms in total. The second kappa shape index (κ2) is 3.47. The topological polar surface area (TPSA) is 3.24 Å². The Morgan fingerprint density at radius 2 is 2.33 bits per heavy atom. The molecule has 2 aliphatic rings. The third-order valence-electron chi connectivity index (χ3n) is 2.76. The third-order valence-corrected chi connectivity index (χ3v) is 4.47. The Bertz CT molecular complexity index is 203. The van der Waals surface area contributed by atoms with E-state index in [9.17, 15) is 0 Å². The monoisotopic (exact) mass is 181 g/mol. The first kappa shape index (κ1) is 8.70. The molecule has 1 fully saturated rings. The molecule has 3 heteroatoms. The van der Waals surface area contributed by atoms with Gasteiger partial charge in [-0.25, -0.2) is 0 Å². The van der Waals surface area contributed by atoms with Gasteiger partial charge in [-0.2, -0.15) is 11.6 Å². The second-order valence-electron chi connectivity index (χ2n) is 3.97. The smallest absolute Gasteiger partial charge is 0.319 e. The first-order chi connectivity index (χ1) is 5.77. The Balaban J connectivity index is 2.05. The number of fused-ring (bicyclic) bond motifs is 1. The van der Waals surface area contributed by atoms with Gasteiger partial charge < -0.3 is 4.81 Å². The van der Waals surface area contributed by atoms with Gasteiger partial charge in [-0.15, -0.1) is 0 Å². The van der Waals surface area contributed by atoms with Crippen LogP contribution in [-0.4, -0.2) is 30.3 Å². The zero-order valence-electron chi connectivity index (χ0n) is 7.92. The standard InChI is InChI=1S/C9H16BNS/c1-11(2)10-7-8-5-3-4-6-9(8)12-10/h7,9H,3-6H2,1-2H3. The van der Waals surface area contributed by atoms with Crippen LogP contribution in [0.25, 0.3) is 0 Å². The molecule has 66 valence electrons. The van der Waals surface area contributed by atoms with Gasteiger partial charge in [0.05, 0.1) is 0 Å². The third kappa shape index (κ3) is 1.57. The molecular weight excluding hydrogens is 165 g/mol. The summed E-state index contributed by atoms with van der Waals surface area (Å²) < 4.78 is 0. The largest absolute Gasteiger partial charge is 0.335 e. The van der Waals surface area contributed by atoms with Crippen molar-refractivity contribution >= 4 is 17.7 Å². The number of rotatable bonds is 1. The Labute approximate surface area is 79.6 Å². The van der Waals surface area contributed by atoms with Crippen molar-refractivity contribution in [2.24, 2.45) is 0 Å². The summed E-state index contributed by atoms with van der Waals surface area (Å²) >= 11 is 2.14. The molecule has 0 bridgehead atoms. The van der Waals surface area contributed by atoms with Crippen LogP contribution in [-0.2, 0) is 0 Å². The molecule has 1 saturated carbocycles. The van der Waals surface area contributed by atoms with E-state index < -0.39 is 0 Å². The summed E-state index contributed by atoms with van der Waals surface area (Å²) in [5.41, 5.74) is 1.73. The van der Waals surface area contributed by atoms with Gasteiger partial charge in [0, 0.05) is 5.25 Å². The maximum Gasteiger partial charge on any atom is 0.319 e. The molecule has 1 aliphatic carbocycles. The molecule has 1 aliphatic heterocycles. The molecule has 2 rings (SSSR count). The average molecular weight is 181 g/mol. The molecule has 0 aromatic rings. The van der Waals surface area contributed by atoms with Crippen molar-refractivity contribution in [3.63, 3.8) is 0 Å². The van der Waals surface area contributed by atoms with Crippen LogP contribution in [0.3, 0.4) is 0 Å². The number of hydrogen-bond acceptors (Lipinski definition) is 2. The second-order valence-corrected chi connectivity index (χ2v) is 5.29. The van der Waals surface area contributed by atoms with Crippen molar-refractivity contribution in [2.75, 3.05) is 14.1 Å². The molecule has 0 aromatic heterocycles. The molecule has 1 atom stereocenters. The van der Waals surface area contributed by atoms with E-state index in [0.29, 0.717) is 6.13 Å². The van der Waals surface area contributed by atoms with Crippen LogP contribution in [0.2, 0.25) is 0 Å². The van der Waals surface area contributed by atoms with Crippen LogP contribution in [0.5, 0.6) is 0 Å². The van der Waals surface area contributed by atoms with E-state index in [0.717, 1.165) is 5.25 Å². The molecule has 0 saturated heterocycles. The van der Waals surface area contributed by atoms with Crippen LogP contribution >= 0.6 is 11.6 Å².